The molecule has 3 rings (SSSR count). The van der Waals surface area contributed by atoms with Gasteiger partial charge in [-0.2, -0.15) is 0 Å². The van der Waals surface area contributed by atoms with Crippen molar-refractivity contribution >= 4 is 28.5 Å². The number of carbonyl (C=O) groups is 1. The summed E-state index contributed by atoms with van der Waals surface area (Å²) < 4.78 is 15.8. The molecule has 3 aromatic rings. The quantitative estimate of drug-likeness (QED) is 0.481. The Morgan fingerprint density at radius 3 is 2.52 bits per heavy atom. The van der Waals surface area contributed by atoms with Crippen LogP contribution < -0.4 is 10.4 Å². The van der Waals surface area contributed by atoms with E-state index in [1.54, 1.807) is 19.1 Å². The van der Waals surface area contributed by atoms with E-state index in [0.717, 1.165) is 5.56 Å². The summed E-state index contributed by atoms with van der Waals surface area (Å²) in [6.07, 6.45) is -0.149. The molecule has 1 aromatic heterocycles. The van der Waals surface area contributed by atoms with Gasteiger partial charge in [0.25, 0.3) is 0 Å². The molecule has 6 heteroatoms. The molecule has 0 fully saturated rings. The molecule has 0 atom stereocenters. The molecule has 0 aliphatic carbocycles. The highest BCUT2D eigenvalue weighted by atomic mass is 35.5. The Morgan fingerprint density at radius 1 is 1.15 bits per heavy atom. The number of fused-ring (bicyclic) bond motifs is 1. The minimum atomic E-state index is -0.572. The Balaban J connectivity index is 1.94. The summed E-state index contributed by atoms with van der Waals surface area (Å²) in [6, 6.07) is 11.3. The van der Waals surface area contributed by atoms with Crippen molar-refractivity contribution in [2.45, 2.75) is 26.9 Å². The fourth-order valence-corrected chi connectivity index (χ4v) is 2.98. The van der Waals surface area contributed by atoms with Gasteiger partial charge in [-0.15, -0.1) is 0 Å². The van der Waals surface area contributed by atoms with E-state index in [-0.39, 0.29) is 12.0 Å². The second kappa shape index (κ2) is 7.84. The van der Waals surface area contributed by atoms with Gasteiger partial charge >= 0.3 is 11.6 Å². The molecule has 0 aliphatic heterocycles. The number of halogens is 1. The molecule has 0 N–H and O–H groups in total. The number of methoxy groups -OCH3 is 1. The van der Waals surface area contributed by atoms with Crippen LogP contribution in [0, 0.1) is 13.8 Å². The molecule has 0 bridgehead atoms. The Bertz CT molecular complexity index is 1050. The summed E-state index contributed by atoms with van der Waals surface area (Å²) >= 11 is 6.36. The zero-order chi connectivity index (χ0) is 19.6. The minimum absolute atomic E-state index is 0.149. The fourth-order valence-electron chi connectivity index (χ4n) is 2.77. The van der Waals surface area contributed by atoms with E-state index in [0.29, 0.717) is 33.9 Å². The van der Waals surface area contributed by atoms with Crippen LogP contribution >= 0.6 is 11.6 Å². The molecule has 0 saturated heterocycles. The van der Waals surface area contributed by atoms with E-state index in [1.807, 2.05) is 31.2 Å². The number of hydrogen-bond donors (Lipinski definition) is 0. The van der Waals surface area contributed by atoms with Gasteiger partial charge in [-0.05, 0) is 31.0 Å². The Kier molecular flexibility index (Phi) is 5.51. The van der Waals surface area contributed by atoms with Crippen LogP contribution in [0.4, 0.5) is 0 Å². The first-order chi connectivity index (χ1) is 12.9. The molecule has 0 unspecified atom stereocenters. The normalized spacial score (nSPS) is 10.8. The van der Waals surface area contributed by atoms with Gasteiger partial charge in [-0.3, -0.25) is 4.79 Å². The molecule has 0 radical (unpaired) electrons. The van der Waals surface area contributed by atoms with Crippen molar-refractivity contribution in [1.29, 1.82) is 0 Å². The smallest absolute Gasteiger partial charge is 0.340 e. The van der Waals surface area contributed by atoms with Gasteiger partial charge < -0.3 is 13.9 Å². The van der Waals surface area contributed by atoms with Crippen LogP contribution in [0.25, 0.3) is 11.0 Å². The van der Waals surface area contributed by atoms with Gasteiger partial charge in [0.05, 0.1) is 24.1 Å². The number of esters is 1. The van der Waals surface area contributed by atoms with Crippen molar-refractivity contribution in [2.24, 2.45) is 0 Å². The summed E-state index contributed by atoms with van der Waals surface area (Å²) in [6.45, 7) is 4.11. The van der Waals surface area contributed by atoms with E-state index >= 15 is 0 Å². The van der Waals surface area contributed by atoms with Crippen molar-refractivity contribution in [2.75, 3.05) is 7.11 Å². The average molecular weight is 387 g/mol. The second-order valence-electron chi connectivity index (χ2n) is 6.30. The van der Waals surface area contributed by atoms with Crippen LogP contribution in [0.1, 0.15) is 22.3 Å². The lowest BCUT2D eigenvalue weighted by Crippen LogP contribution is -2.16. The lowest BCUT2D eigenvalue weighted by Gasteiger charge is -2.12. The number of benzene rings is 2. The van der Waals surface area contributed by atoms with E-state index in [4.69, 9.17) is 20.8 Å². The summed E-state index contributed by atoms with van der Waals surface area (Å²) in [5.41, 5.74) is 2.86. The van der Waals surface area contributed by atoms with E-state index in [2.05, 4.69) is 4.74 Å². The SMILES string of the molecule is COC(=O)Cc1c(C)c2cc(Cl)c(OCc3ccc(C)cc3)cc2oc1=O. The summed E-state index contributed by atoms with van der Waals surface area (Å²) in [5, 5.41) is 1.05. The van der Waals surface area contributed by atoms with Crippen LogP contribution in [0.2, 0.25) is 5.02 Å². The molecule has 140 valence electrons. The highest BCUT2D eigenvalue weighted by Gasteiger charge is 2.17. The molecule has 0 spiro atoms. The lowest BCUT2D eigenvalue weighted by molar-refractivity contribution is -0.139. The predicted octanol–water partition coefficient (Wildman–Crippen LogP) is 4.36. The molecular weight excluding hydrogens is 368 g/mol. The first-order valence-electron chi connectivity index (χ1n) is 8.40. The van der Waals surface area contributed by atoms with Crippen molar-refractivity contribution < 1.29 is 18.7 Å². The van der Waals surface area contributed by atoms with Gasteiger partial charge in [0.15, 0.2) is 0 Å². The number of carbonyl (C=O) groups excluding carboxylic acids is 1. The maximum atomic E-state index is 12.3. The van der Waals surface area contributed by atoms with Crippen molar-refractivity contribution in [3.05, 3.63) is 74.1 Å². The zero-order valence-corrected chi connectivity index (χ0v) is 16.1. The first-order valence-corrected chi connectivity index (χ1v) is 8.78. The van der Waals surface area contributed by atoms with Crippen molar-refractivity contribution in [3.63, 3.8) is 0 Å². The van der Waals surface area contributed by atoms with E-state index in [9.17, 15) is 9.59 Å². The van der Waals surface area contributed by atoms with Crippen LogP contribution in [0.3, 0.4) is 0 Å². The molecule has 5 nitrogen and oxygen atoms in total. The van der Waals surface area contributed by atoms with Gasteiger partial charge in [0.1, 0.15) is 17.9 Å². The Hall–Kier alpha value is -2.79. The Morgan fingerprint density at radius 2 is 1.85 bits per heavy atom. The minimum Gasteiger partial charge on any atom is -0.487 e. The summed E-state index contributed by atoms with van der Waals surface area (Å²) in [7, 11) is 1.27. The van der Waals surface area contributed by atoms with E-state index < -0.39 is 11.6 Å². The number of aryl methyl sites for hydroxylation is 2. The maximum absolute atomic E-state index is 12.3. The molecular formula is C21H19ClO5. The molecule has 2 aromatic carbocycles. The topological polar surface area (TPSA) is 65.7 Å². The average Bonchev–Trinajstić information content (AvgIpc) is 2.65. The van der Waals surface area contributed by atoms with Crippen LogP contribution in [-0.4, -0.2) is 13.1 Å². The van der Waals surface area contributed by atoms with Gasteiger partial charge in [-0.1, -0.05) is 41.4 Å². The molecule has 0 saturated carbocycles. The van der Waals surface area contributed by atoms with Crippen molar-refractivity contribution in [3.8, 4) is 5.75 Å². The third-order valence-electron chi connectivity index (χ3n) is 4.40. The highest BCUT2D eigenvalue weighted by Crippen LogP contribution is 2.32. The predicted molar refractivity (Wildman–Crippen MR) is 103 cm³/mol. The monoisotopic (exact) mass is 386 g/mol. The van der Waals surface area contributed by atoms with Gasteiger partial charge in [0, 0.05) is 11.5 Å². The number of ether oxygens (including phenoxy) is 2. The number of hydrogen-bond acceptors (Lipinski definition) is 5. The zero-order valence-electron chi connectivity index (χ0n) is 15.3. The van der Waals surface area contributed by atoms with Gasteiger partial charge in [-0.25, -0.2) is 4.79 Å². The van der Waals surface area contributed by atoms with E-state index in [1.165, 1.54) is 12.7 Å². The van der Waals surface area contributed by atoms with Gasteiger partial charge in [0.2, 0.25) is 0 Å². The molecule has 1 heterocycles. The third-order valence-corrected chi connectivity index (χ3v) is 4.70. The number of rotatable bonds is 5. The molecule has 0 amide bonds. The Labute approximate surface area is 161 Å². The standard InChI is InChI=1S/C21H19ClO5/c1-12-4-6-14(7-5-12)11-26-19-10-18-15(8-17(19)22)13(2)16(21(24)27-18)9-20(23)25-3/h4-8,10H,9,11H2,1-3H3. The molecule has 27 heavy (non-hydrogen) atoms. The second-order valence-corrected chi connectivity index (χ2v) is 6.71. The van der Waals surface area contributed by atoms with Crippen LogP contribution in [0.5, 0.6) is 5.75 Å². The summed E-state index contributed by atoms with van der Waals surface area (Å²) in [5.74, 6) is -0.0816. The largest absolute Gasteiger partial charge is 0.487 e. The van der Waals surface area contributed by atoms with Crippen molar-refractivity contribution in [1.82, 2.24) is 0 Å². The maximum Gasteiger partial charge on any atom is 0.340 e. The van der Waals surface area contributed by atoms with Crippen LogP contribution in [-0.2, 0) is 22.6 Å². The summed E-state index contributed by atoms with van der Waals surface area (Å²) in [4.78, 5) is 23.8. The fraction of sp³-hybridized carbons (Fsp3) is 0.238. The first kappa shape index (κ1) is 19.0. The lowest BCUT2D eigenvalue weighted by atomic mass is 10.0. The highest BCUT2D eigenvalue weighted by molar-refractivity contribution is 6.32. The molecule has 0 aliphatic rings. The van der Waals surface area contributed by atoms with Crippen LogP contribution in [0.15, 0.2) is 45.6 Å². The third kappa shape index (κ3) is 4.14.